The van der Waals surface area contributed by atoms with Crippen LogP contribution < -0.4 is 15.8 Å². The third-order valence-electron chi connectivity index (χ3n) is 4.80. The van der Waals surface area contributed by atoms with Crippen LogP contribution in [-0.4, -0.2) is 26.2 Å². The summed E-state index contributed by atoms with van der Waals surface area (Å²) >= 11 is 0. The van der Waals surface area contributed by atoms with Crippen molar-refractivity contribution in [3.05, 3.63) is 90.5 Å². The highest BCUT2D eigenvalue weighted by Gasteiger charge is 2.32. The van der Waals surface area contributed by atoms with E-state index in [9.17, 15) is 10.0 Å². The Balaban J connectivity index is 1.99. The normalized spacial score (nSPS) is 12.8. The van der Waals surface area contributed by atoms with Crippen molar-refractivity contribution < 1.29 is 14.5 Å². The van der Waals surface area contributed by atoms with Crippen LogP contribution in [0.3, 0.4) is 0 Å². The Kier molecular flexibility index (Phi) is 6.52. The second-order valence-corrected chi connectivity index (χ2v) is 10.5. The van der Waals surface area contributed by atoms with Gasteiger partial charge in [0, 0.05) is 0 Å². The Bertz CT molecular complexity index is 822. The average molecular weight is 390 g/mol. The lowest BCUT2D eigenvalue weighted by molar-refractivity contribution is 0.0897. The highest BCUT2D eigenvalue weighted by molar-refractivity contribution is 6.80. The van der Waals surface area contributed by atoms with Gasteiger partial charge in [0.2, 0.25) is 9.04 Å². The highest BCUT2D eigenvalue weighted by Crippen LogP contribution is 2.36. The van der Waals surface area contributed by atoms with Gasteiger partial charge in [0.1, 0.15) is 0 Å². The molecule has 3 nitrogen and oxygen atoms in total. The van der Waals surface area contributed by atoms with Gasteiger partial charge in [0.25, 0.3) is 0 Å². The Morgan fingerprint density at radius 1 is 0.750 bits per heavy atom. The maximum atomic E-state index is 9.39. The Morgan fingerprint density at radius 2 is 1.21 bits per heavy atom. The number of hydrogen-bond donors (Lipinski definition) is 2. The molecule has 0 radical (unpaired) electrons. The van der Waals surface area contributed by atoms with E-state index in [4.69, 9.17) is 4.43 Å². The van der Waals surface area contributed by atoms with E-state index >= 15 is 0 Å². The molecule has 0 aliphatic rings. The van der Waals surface area contributed by atoms with E-state index in [0.717, 1.165) is 5.56 Å². The first-order valence-corrected chi connectivity index (χ1v) is 11.2. The SMILES string of the molecule is CC(C)(C)C(O[SiH](c1ccccc1)c1ccccc1)c1ccc(B(O)O)cc1. The minimum atomic E-state index is -1.91. The Labute approximate surface area is 169 Å². The van der Waals surface area contributed by atoms with Gasteiger partial charge >= 0.3 is 7.12 Å². The lowest BCUT2D eigenvalue weighted by Crippen LogP contribution is -2.47. The van der Waals surface area contributed by atoms with Crippen LogP contribution >= 0.6 is 0 Å². The fourth-order valence-corrected chi connectivity index (χ4v) is 6.05. The van der Waals surface area contributed by atoms with Crippen LogP contribution in [0.5, 0.6) is 0 Å². The molecule has 0 fully saturated rings. The van der Waals surface area contributed by atoms with Crippen LogP contribution in [0.1, 0.15) is 32.4 Å². The maximum Gasteiger partial charge on any atom is 0.488 e. The average Bonchev–Trinajstić information content (AvgIpc) is 2.69. The van der Waals surface area contributed by atoms with Crippen LogP contribution in [-0.2, 0) is 4.43 Å². The molecule has 3 rings (SSSR count). The summed E-state index contributed by atoms with van der Waals surface area (Å²) in [5.41, 5.74) is 1.41. The number of hydrogen-bond acceptors (Lipinski definition) is 3. The van der Waals surface area contributed by atoms with E-state index in [1.54, 1.807) is 12.1 Å². The molecule has 0 aromatic heterocycles. The molecule has 1 atom stereocenters. The minimum Gasteiger partial charge on any atom is -0.423 e. The first kappa shape index (κ1) is 20.6. The van der Waals surface area contributed by atoms with E-state index < -0.39 is 16.2 Å². The second-order valence-electron chi connectivity index (χ2n) is 8.12. The predicted octanol–water partition coefficient (Wildman–Crippen LogP) is 2.01. The molecule has 0 spiro atoms. The molecule has 5 heteroatoms. The molecule has 2 N–H and O–H groups in total. The number of benzene rings is 3. The molecule has 28 heavy (non-hydrogen) atoms. The molecular formula is C23H27BO3Si. The molecule has 0 bridgehead atoms. The van der Waals surface area contributed by atoms with E-state index in [-0.39, 0.29) is 11.5 Å². The van der Waals surface area contributed by atoms with Crippen LogP contribution in [0.2, 0.25) is 0 Å². The molecule has 0 saturated heterocycles. The zero-order valence-electron chi connectivity index (χ0n) is 16.6. The summed E-state index contributed by atoms with van der Waals surface area (Å²) in [6.45, 7) is 6.52. The van der Waals surface area contributed by atoms with E-state index in [1.807, 2.05) is 24.3 Å². The molecule has 144 valence electrons. The van der Waals surface area contributed by atoms with Gasteiger partial charge in [-0.05, 0) is 26.8 Å². The van der Waals surface area contributed by atoms with E-state index in [0.29, 0.717) is 5.46 Å². The molecule has 3 aromatic carbocycles. The lowest BCUT2D eigenvalue weighted by Gasteiger charge is -2.35. The predicted molar refractivity (Wildman–Crippen MR) is 119 cm³/mol. The summed E-state index contributed by atoms with van der Waals surface area (Å²) in [6, 6.07) is 28.3. The minimum absolute atomic E-state index is 0.116. The summed E-state index contributed by atoms with van der Waals surface area (Å²) in [5.74, 6) is 0. The van der Waals surface area contributed by atoms with Gasteiger partial charge in [-0.25, -0.2) is 0 Å². The van der Waals surface area contributed by atoms with Crippen molar-refractivity contribution in [2.75, 3.05) is 0 Å². The molecule has 0 heterocycles. The molecular weight excluding hydrogens is 363 g/mol. The first-order chi connectivity index (χ1) is 13.4. The number of rotatable bonds is 6. The summed E-state index contributed by atoms with van der Waals surface area (Å²) in [6.07, 6.45) is -0.116. The molecule has 0 aliphatic heterocycles. The van der Waals surface area contributed by atoms with Crippen LogP contribution in [0.25, 0.3) is 0 Å². The summed E-state index contributed by atoms with van der Waals surface area (Å²) < 4.78 is 6.89. The largest absolute Gasteiger partial charge is 0.488 e. The topological polar surface area (TPSA) is 49.7 Å². The zero-order chi connectivity index (χ0) is 20.1. The fraction of sp³-hybridized carbons (Fsp3) is 0.217. The van der Waals surface area contributed by atoms with E-state index in [2.05, 4.69) is 69.3 Å². The smallest absolute Gasteiger partial charge is 0.423 e. The van der Waals surface area contributed by atoms with Gasteiger partial charge in [-0.3, -0.25) is 0 Å². The van der Waals surface area contributed by atoms with Crippen molar-refractivity contribution in [1.82, 2.24) is 0 Å². The molecule has 0 aliphatic carbocycles. The quantitative estimate of drug-likeness (QED) is 0.633. The summed E-state index contributed by atoms with van der Waals surface area (Å²) in [4.78, 5) is 0. The van der Waals surface area contributed by atoms with Crippen LogP contribution in [0.4, 0.5) is 0 Å². The fourth-order valence-electron chi connectivity index (χ4n) is 3.37. The summed E-state index contributed by atoms with van der Waals surface area (Å²) in [7, 11) is -3.37. The highest BCUT2D eigenvalue weighted by atomic mass is 28.3. The van der Waals surface area contributed by atoms with Gasteiger partial charge in [0.15, 0.2) is 0 Å². The first-order valence-electron chi connectivity index (χ1n) is 9.57. The third-order valence-corrected chi connectivity index (χ3v) is 7.33. The van der Waals surface area contributed by atoms with Crippen LogP contribution in [0, 0.1) is 5.41 Å². The molecule has 0 saturated carbocycles. The van der Waals surface area contributed by atoms with Crippen LogP contribution in [0.15, 0.2) is 84.9 Å². The molecule has 3 aromatic rings. The van der Waals surface area contributed by atoms with Crippen molar-refractivity contribution in [2.45, 2.75) is 26.9 Å². The summed E-state index contributed by atoms with van der Waals surface area (Å²) in [5, 5.41) is 21.3. The van der Waals surface area contributed by atoms with Crippen molar-refractivity contribution in [3.63, 3.8) is 0 Å². The van der Waals surface area contributed by atoms with Crippen molar-refractivity contribution in [3.8, 4) is 0 Å². The Hall–Kier alpha value is -2.18. The monoisotopic (exact) mass is 390 g/mol. The second kappa shape index (κ2) is 8.88. The van der Waals surface area contributed by atoms with Gasteiger partial charge < -0.3 is 14.5 Å². The lowest BCUT2D eigenvalue weighted by atomic mass is 9.78. The van der Waals surface area contributed by atoms with Gasteiger partial charge in [-0.1, -0.05) is 106 Å². The van der Waals surface area contributed by atoms with Gasteiger partial charge in [0.05, 0.1) is 6.10 Å². The van der Waals surface area contributed by atoms with Crippen molar-refractivity contribution >= 4 is 32.0 Å². The van der Waals surface area contributed by atoms with Gasteiger partial charge in [-0.15, -0.1) is 0 Å². The zero-order valence-corrected chi connectivity index (χ0v) is 17.8. The molecule has 0 amide bonds. The van der Waals surface area contributed by atoms with E-state index in [1.165, 1.54) is 10.4 Å². The third kappa shape index (κ3) is 5.00. The standard InChI is InChI=1S/C23H27BO3Si/c1-23(2,3)22(18-14-16-19(17-15-18)24(25)26)27-28(20-10-6-4-7-11-20)21-12-8-5-9-13-21/h4-17,22,25-26,28H,1-3H3. The van der Waals surface area contributed by atoms with Crippen molar-refractivity contribution in [2.24, 2.45) is 5.41 Å². The maximum absolute atomic E-state index is 9.39. The van der Waals surface area contributed by atoms with Gasteiger partial charge in [-0.2, -0.15) is 0 Å². The molecule has 1 unspecified atom stereocenters. The Morgan fingerprint density at radius 3 is 1.61 bits per heavy atom. The van der Waals surface area contributed by atoms with Crippen molar-refractivity contribution in [1.29, 1.82) is 0 Å².